The number of unbranched alkanes of at least 4 members (excludes halogenated alkanes) is 46. The molecule has 0 saturated heterocycles. The Morgan fingerprint density at radius 2 is 0.538 bits per heavy atom. The van der Waals surface area contributed by atoms with Gasteiger partial charge in [-0.3, -0.25) is 18.7 Å². The van der Waals surface area contributed by atoms with E-state index in [1.165, 1.54) is 205 Å². The van der Waals surface area contributed by atoms with Crippen LogP contribution in [0.15, 0.2) is 0 Å². The summed E-state index contributed by atoms with van der Waals surface area (Å²) in [6.45, 7) is 14.1. The van der Waals surface area contributed by atoms with Crippen molar-refractivity contribution >= 4 is 33.6 Å². The number of hydrogen-bond acceptors (Lipinski definition) is 17. The van der Waals surface area contributed by atoms with E-state index in [1.54, 1.807) is 0 Å². The van der Waals surface area contributed by atoms with Crippen molar-refractivity contribution in [3.63, 3.8) is 0 Å². The summed E-state index contributed by atoms with van der Waals surface area (Å²) in [5.74, 6) is -0.298. The van der Waals surface area contributed by atoms with Crippen molar-refractivity contribution in [2.75, 3.05) is 79.0 Å². The number of phosphoric ester groups is 2. The number of hydrogen-bond donors (Lipinski definition) is 4. The summed E-state index contributed by atoms with van der Waals surface area (Å²) in [5.41, 5.74) is 0. The number of phosphoric acid groups is 2. The Balaban J connectivity index is -0.0000530. The summed E-state index contributed by atoms with van der Waals surface area (Å²) in [4.78, 5) is 64.9. The Kier molecular flexibility index (Phi) is 89.7. The van der Waals surface area contributed by atoms with Crippen molar-refractivity contribution in [2.24, 2.45) is 0 Å². The van der Waals surface area contributed by atoms with E-state index in [2.05, 4.69) is 62.8 Å². The van der Waals surface area contributed by atoms with Crippen LogP contribution >= 0.6 is 15.6 Å². The molecule has 0 aromatic carbocycles. The SMILES string of the molecule is CCCCCCCCCCCCCCNC(COCCC(CCCCCCC)OC(=O)CCCCCCCCCCC)COP(=O)([O-])OCCNC(=O)NCCOP(=O)([O-])OCC(COCCC(CCCCCCC)OC(=O)CCCCCCCCCCC)NCCCCCCCCCCCCCC.[Na+].[Na+]. The van der Waals surface area contributed by atoms with Gasteiger partial charge in [-0.25, -0.2) is 4.79 Å². The Bertz CT molecular complexity index is 1820. The Labute approximate surface area is 696 Å². The second-order valence-corrected chi connectivity index (χ2v) is 32.8. The maximum atomic E-state index is 13.1. The monoisotopic (exact) mass is 1570 g/mol. The molecular formula is C83H166N4Na2O15P2. The zero-order valence-electron chi connectivity index (χ0n) is 70.3. The molecule has 23 heteroatoms. The van der Waals surface area contributed by atoms with Gasteiger partial charge in [0.25, 0.3) is 15.6 Å². The third-order valence-electron chi connectivity index (χ3n) is 19.7. The number of carbonyl (C=O) groups excluding carboxylic acids is 3. The summed E-state index contributed by atoms with van der Waals surface area (Å²) in [6.07, 6.45) is 64.9. The van der Waals surface area contributed by atoms with Gasteiger partial charge in [-0.1, -0.05) is 337 Å². The van der Waals surface area contributed by atoms with E-state index in [0.29, 0.717) is 52.0 Å². The van der Waals surface area contributed by atoms with Crippen molar-refractivity contribution in [3.05, 3.63) is 0 Å². The van der Waals surface area contributed by atoms with Gasteiger partial charge in [-0.05, 0) is 64.5 Å². The predicted molar refractivity (Wildman–Crippen MR) is 427 cm³/mol. The number of urea groups is 1. The first kappa shape index (κ1) is 110. The van der Waals surface area contributed by atoms with Crippen LogP contribution in [0.5, 0.6) is 0 Å². The number of amides is 2. The van der Waals surface area contributed by atoms with Crippen LogP contribution in [0.25, 0.3) is 0 Å². The molecule has 0 fully saturated rings. The third-order valence-corrected chi connectivity index (χ3v) is 21.6. The molecule has 0 aliphatic carbocycles. The van der Waals surface area contributed by atoms with Gasteiger partial charge in [0, 0.05) is 38.8 Å². The maximum absolute atomic E-state index is 13.1. The van der Waals surface area contributed by atoms with Crippen molar-refractivity contribution in [2.45, 2.75) is 438 Å². The molecule has 0 aromatic heterocycles. The van der Waals surface area contributed by atoms with Gasteiger partial charge >= 0.3 is 77.1 Å². The first-order chi connectivity index (χ1) is 50.7. The maximum Gasteiger partial charge on any atom is 1.00 e. The average molecular weight is 1570 g/mol. The number of esters is 2. The molecule has 0 aromatic rings. The summed E-state index contributed by atoms with van der Waals surface area (Å²) < 4.78 is 71.6. The van der Waals surface area contributed by atoms with Crippen LogP contribution < -0.4 is 90.2 Å². The van der Waals surface area contributed by atoms with E-state index < -0.39 is 47.0 Å². The summed E-state index contributed by atoms with van der Waals surface area (Å²) in [7, 11) is -9.61. The van der Waals surface area contributed by atoms with E-state index in [0.717, 1.165) is 141 Å². The van der Waals surface area contributed by atoms with Crippen LogP contribution in [0.4, 0.5) is 4.79 Å². The second kappa shape index (κ2) is 86.1. The molecule has 0 rings (SSSR count). The molecule has 0 aliphatic rings. The van der Waals surface area contributed by atoms with Crippen LogP contribution in [0.1, 0.15) is 414 Å². The fraction of sp³-hybridized carbons (Fsp3) is 0.964. The molecule has 0 radical (unpaired) electrons. The van der Waals surface area contributed by atoms with Crippen LogP contribution in [-0.4, -0.2) is 121 Å². The van der Waals surface area contributed by atoms with Gasteiger partial charge in [0.1, 0.15) is 12.2 Å². The fourth-order valence-corrected chi connectivity index (χ4v) is 14.5. The predicted octanol–water partition coefficient (Wildman–Crippen LogP) is 15.8. The zero-order valence-corrected chi connectivity index (χ0v) is 76.1. The Morgan fingerprint density at radius 3 is 0.811 bits per heavy atom. The molecule has 620 valence electrons. The topological polar surface area (TPSA) is 253 Å². The van der Waals surface area contributed by atoms with Crippen molar-refractivity contribution in [1.29, 1.82) is 0 Å². The second-order valence-electron chi connectivity index (χ2n) is 29.9. The Morgan fingerprint density at radius 1 is 0.292 bits per heavy atom. The minimum absolute atomic E-state index is 0. The molecule has 19 nitrogen and oxygen atoms in total. The standard InChI is InChI=1S/C83H168N4O15P2.2Na/c1-7-13-19-25-29-33-35-37-41-45-51-57-65-84-77(73-95-69-63-79(59-53-47-23-17-11-5)101-81(88)61-55-49-43-39-31-27-21-15-9-3)75-99-103(91,92)97-71-67-86-83(90)87-68-72-98-104(93,94)100-76-78(85-66-58-52-46-42-38-36-34-30-26-20-14-8-2)74-96-70-64-80(60-54-48-24-18-12-6)102-82(89)62-56-50-44-40-32-28-22-16-10-4;;/h77-80,84-85H,7-76H2,1-6H3,(H,91,92)(H,93,94)(H2,86,87,90);;/q;2*+1/p-2. The van der Waals surface area contributed by atoms with E-state index in [9.17, 15) is 33.3 Å². The number of nitrogens with one attached hydrogen (secondary N) is 4. The van der Waals surface area contributed by atoms with Crippen LogP contribution in [0.2, 0.25) is 0 Å². The minimum Gasteiger partial charge on any atom is -0.756 e. The quantitative estimate of drug-likeness (QED) is 0.0191. The fourth-order valence-electron chi connectivity index (χ4n) is 13.0. The van der Waals surface area contributed by atoms with E-state index in [-0.39, 0.29) is 123 Å². The van der Waals surface area contributed by atoms with Gasteiger partial charge in [0.05, 0.1) is 64.9 Å². The largest absolute Gasteiger partial charge is 1.00 e. The van der Waals surface area contributed by atoms with E-state index >= 15 is 0 Å². The molecule has 0 bridgehead atoms. The number of ether oxygens (including phenoxy) is 4. The van der Waals surface area contributed by atoms with Crippen LogP contribution in [-0.2, 0) is 55.8 Å². The summed E-state index contributed by atoms with van der Waals surface area (Å²) in [5, 5.41) is 11.9. The van der Waals surface area contributed by atoms with Gasteiger partial charge in [-0.15, -0.1) is 0 Å². The molecule has 106 heavy (non-hydrogen) atoms. The minimum atomic E-state index is -4.81. The normalized spacial score (nSPS) is 13.8. The van der Waals surface area contributed by atoms with Crippen molar-refractivity contribution in [1.82, 2.24) is 21.3 Å². The third kappa shape index (κ3) is 82.3. The first-order valence-corrected chi connectivity index (χ1v) is 46.9. The van der Waals surface area contributed by atoms with E-state index in [4.69, 9.17) is 37.0 Å². The molecule has 0 spiro atoms. The van der Waals surface area contributed by atoms with Gasteiger partial charge in [0.2, 0.25) is 0 Å². The summed E-state index contributed by atoms with van der Waals surface area (Å²) in [6, 6.07) is -1.60. The summed E-state index contributed by atoms with van der Waals surface area (Å²) >= 11 is 0. The Hall–Kier alpha value is 0.270. The van der Waals surface area contributed by atoms with Gasteiger partial charge in [0.15, 0.2) is 0 Å². The number of carbonyl (C=O) groups is 3. The molecule has 4 N–H and O–H groups in total. The van der Waals surface area contributed by atoms with Crippen molar-refractivity contribution < 1.29 is 129 Å². The van der Waals surface area contributed by atoms with E-state index in [1.807, 2.05) is 0 Å². The molecular weight excluding hydrogens is 1400 g/mol. The van der Waals surface area contributed by atoms with Crippen molar-refractivity contribution in [3.8, 4) is 0 Å². The molecule has 0 heterocycles. The molecule has 0 aliphatic heterocycles. The average Bonchev–Trinajstić information content (AvgIpc) is 0.928. The van der Waals surface area contributed by atoms with Crippen LogP contribution in [0.3, 0.4) is 0 Å². The number of rotatable bonds is 86. The molecule has 0 saturated carbocycles. The van der Waals surface area contributed by atoms with Crippen LogP contribution in [0, 0.1) is 0 Å². The zero-order chi connectivity index (χ0) is 76.0. The van der Waals surface area contributed by atoms with Gasteiger partial charge < -0.3 is 68.1 Å². The molecule has 2 amide bonds. The molecule has 6 atom stereocenters. The van der Waals surface area contributed by atoms with Gasteiger partial charge in [-0.2, -0.15) is 0 Å². The first-order valence-electron chi connectivity index (χ1n) is 44.0. The molecule has 6 unspecified atom stereocenters. The smallest absolute Gasteiger partial charge is 0.756 e.